The quantitative estimate of drug-likeness (QED) is 0.853. The average Bonchev–Trinajstić information content (AvgIpc) is 2.91. The molecule has 4 heteroatoms. The van der Waals surface area contributed by atoms with Crippen molar-refractivity contribution in [1.29, 1.82) is 0 Å². The molecule has 0 radical (unpaired) electrons. The fourth-order valence-electron chi connectivity index (χ4n) is 2.72. The molecule has 2 aromatic rings. The monoisotopic (exact) mass is 285 g/mol. The Morgan fingerprint density at radius 2 is 2.19 bits per heavy atom. The van der Waals surface area contributed by atoms with Crippen LogP contribution in [-0.4, -0.2) is 18.1 Å². The minimum absolute atomic E-state index is 0.193. The Labute approximate surface area is 124 Å². The van der Waals surface area contributed by atoms with Crippen molar-refractivity contribution < 1.29 is 4.39 Å². The van der Waals surface area contributed by atoms with Crippen molar-refractivity contribution in [2.45, 2.75) is 26.3 Å². The molecule has 3 nitrogen and oxygen atoms in total. The van der Waals surface area contributed by atoms with Crippen molar-refractivity contribution in [2.75, 3.05) is 18.0 Å². The van der Waals surface area contributed by atoms with Crippen molar-refractivity contribution >= 4 is 11.5 Å². The lowest BCUT2D eigenvalue weighted by molar-refractivity contribution is 0.628. The summed E-state index contributed by atoms with van der Waals surface area (Å²) >= 11 is 0. The van der Waals surface area contributed by atoms with Gasteiger partial charge in [-0.2, -0.15) is 0 Å². The molecular formula is C17H20FN3. The molecule has 0 saturated heterocycles. The van der Waals surface area contributed by atoms with Crippen LogP contribution in [0.15, 0.2) is 36.5 Å². The molecule has 110 valence electrons. The van der Waals surface area contributed by atoms with Crippen molar-refractivity contribution in [3.8, 4) is 0 Å². The molecule has 1 aliphatic heterocycles. The van der Waals surface area contributed by atoms with E-state index in [1.54, 1.807) is 6.07 Å². The van der Waals surface area contributed by atoms with Gasteiger partial charge in [0.25, 0.3) is 0 Å². The zero-order valence-electron chi connectivity index (χ0n) is 12.3. The molecule has 0 spiro atoms. The topological polar surface area (TPSA) is 28.2 Å². The number of hydrogen-bond acceptors (Lipinski definition) is 3. The fraction of sp³-hybridized carbons (Fsp3) is 0.353. The zero-order valence-corrected chi connectivity index (χ0v) is 12.3. The van der Waals surface area contributed by atoms with Gasteiger partial charge < -0.3 is 10.2 Å². The van der Waals surface area contributed by atoms with Crippen LogP contribution < -0.4 is 10.2 Å². The number of rotatable bonds is 5. The second-order valence-electron chi connectivity index (χ2n) is 5.37. The summed E-state index contributed by atoms with van der Waals surface area (Å²) in [5.74, 6) is 0.705. The molecule has 0 amide bonds. The summed E-state index contributed by atoms with van der Waals surface area (Å²) < 4.78 is 13.5. The van der Waals surface area contributed by atoms with E-state index in [0.29, 0.717) is 0 Å². The van der Waals surface area contributed by atoms with Crippen LogP contribution in [0.2, 0.25) is 0 Å². The molecule has 3 rings (SSSR count). The maximum atomic E-state index is 13.5. The maximum Gasteiger partial charge on any atom is 0.133 e. The summed E-state index contributed by atoms with van der Waals surface area (Å²) in [6, 6.07) is 9.11. The third kappa shape index (κ3) is 3.05. The highest BCUT2D eigenvalue weighted by molar-refractivity contribution is 5.67. The number of halogens is 1. The molecule has 0 unspecified atom stereocenters. The van der Waals surface area contributed by atoms with Gasteiger partial charge >= 0.3 is 0 Å². The van der Waals surface area contributed by atoms with Crippen molar-refractivity contribution in [1.82, 2.24) is 10.3 Å². The van der Waals surface area contributed by atoms with E-state index in [9.17, 15) is 4.39 Å². The Kier molecular flexibility index (Phi) is 4.15. The van der Waals surface area contributed by atoms with E-state index in [1.807, 2.05) is 18.3 Å². The lowest BCUT2D eigenvalue weighted by Crippen LogP contribution is -2.17. The summed E-state index contributed by atoms with van der Waals surface area (Å²) in [4.78, 5) is 6.55. The Morgan fingerprint density at radius 1 is 1.29 bits per heavy atom. The van der Waals surface area contributed by atoms with Crippen LogP contribution in [0.5, 0.6) is 0 Å². The van der Waals surface area contributed by atoms with Crippen LogP contribution in [0.25, 0.3) is 0 Å². The molecule has 0 aliphatic carbocycles. The van der Waals surface area contributed by atoms with Crippen molar-refractivity contribution in [2.24, 2.45) is 0 Å². The lowest BCUT2D eigenvalue weighted by Gasteiger charge is -2.19. The fourth-order valence-corrected chi connectivity index (χ4v) is 2.72. The minimum atomic E-state index is -0.193. The van der Waals surface area contributed by atoms with Gasteiger partial charge in [0.1, 0.15) is 11.6 Å². The van der Waals surface area contributed by atoms with Crippen molar-refractivity contribution in [3.05, 3.63) is 53.5 Å². The van der Waals surface area contributed by atoms with E-state index in [0.717, 1.165) is 44.0 Å². The van der Waals surface area contributed by atoms with E-state index >= 15 is 0 Å². The van der Waals surface area contributed by atoms with Crippen LogP contribution in [0, 0.1) is 5.82 Å². The highest BCUT2D eigenvalue weighted by atomic mass is 19.1. The van der Waals surface area contributed by atoms with Crippen LogP contribution in [0.1, 0.15) is 24.5 Å². The highest BCUT2D eigenvalue weighted by Crippen LogP contribution is 2.34. The van der Waals surface area contributed by atoms with Crippen LogP contribution >= 0.6 is 0 Å². The van der Waals surface area contributed by atoms with Gasteiger partial charge in [0.2, 0.25) is 0 Å². The molecule has 0 fully saturated rings. The summed E-state index contributed by atoms with van der Waals surface area (Å²) in [5.41, 5.74) is 3.34. The van der Waals surface area contributed by atoms with Gasteiger partial charge in [-0.05, 0) is 54.8 Å². The molecule has 1 aromatic heterocycles. The van der Waals surface area contributed by atoms with Gasteiger partial charge in [-0.1, -0.05) is 13.0 Å². The van der Waals surface area contributed by atoms with E-state index in [1.165, 1.54) is 17.2 Å². The normalized spacial score (nSPS) is 13.5. The molecule has 1 N–H and O–H groups in total. The lowest BCUT2D eigenvalue weighted by atomic mass is 10.1. The van der Waals surface area contributed by atoms with Gasteiger partial charge in [0.05, 0.1) is 0 Å². The van der Waals surface area contributed by atoms with Gasteiger partial charge in [0, 0.05) is 25.0 Å². The number of anilines is 2. The first kappa shape index (κ1) is 14.0. The smallest absolute Gasteiger partial charge is 0.133 e. The molecule has 21 heavy (non-hydrogen) atoms. The largest absolute Gasteiger partial charge is 0.326 e. The SMILES string of the molecule is CCCNCc1ccnc(N2CCc3ccc(F)cc32)c1. The molecule has 0 bridgehead atoms. The first-order chi connectivity index (χ1) is 10.3. The number of hydrogen-bond donors (Lipinski definition) is 1. The first-order valence-corrected chi connectivity index (χ1v) is 7.49. The number of benzene rings is 1. The summed E-state index contributed by atoms with van der Waals surface area (Å²) in [6.07, 6.45) is 3.89. The van der Waals surface area contributed by atoms with Gasteiger partial charge in [-0.25, -0.2) is 9.37 Å². The van der Waals surface area contributed by atoms with Gasteiger partial charge in [-0.3, -0.25) is 0 Å². The van der Waals surface area contributed by atoms with E-state index in [2.05, 4.69) is 28.2 Å². The van der Waals surface area contributed by atoms with Crippen LogP contribution in [0.3, 0.4) is 0 Å². The number of pyridine rings is 1. The summed E-state index contributed by atoms with van der Waals surface area (Å²) in [5, 5.41) is 3.39. The van der Waals surface area contributed by atoms with E-state index in [4.69, 9.17) is 0 Å². The maximum absolute atomic E-state index is 13.5. The molecular weight excluding hydrogens is 265 g/mol. The molecule has 0 saturated carbocycles. The summed E-state index contributed by atoms with van der Waals surface area (Å²) in [7, 11) is 0. The van der Waals surface area contributed by atoms with Crippen LogP contribution in [-0.2, 0) is 13.0 Å². The third-order valence-electron chi connectivity index (χ3n) is 3.79. The number of nitrogens with one attached hydrogen (secondary N) is 1. The first-order valence-electron chi connectivity index (χ1n) is 7.49. The second kappa shape index (κ2) is 6.22. The zero-order chi connectivity index (χ0) is 14.7. The average molecular weight is 285 g/mol. The molecule has 0 atom stereocenters. The second-order valence-corrected chi connectivity index (χ2v) is 5.37. The Hall–Kier alpha value is -1.94. The van der Waals surface area contributed by atoms with Gasteiger partial charge in [0.15, 0.2) is 0 Å². The van der Waals surface area contributed by atoms with E-state index < -0.39 is 0 Å². The standard InChI is InChI=1S/C17H20FN3/c1-2-7-19-12-13-5-8-20-17(10-13)21-9-6-14-3-4-15(18)11-16(14)21/h3-5,8,10-11,19H,2,6-7,9,12H2,1H3. The Bertz CT molecular complexity index is 627. The summed E-state index contributed by atoms with van der Waals surface area (Å²) in [6.45, 7) is 4.86. The number of nitrogens with zero attached hydrogens (tertiary/aromatic N) is 2. The molecule has 2 heterocycles. The van der Waals surface area contributed by atoms with Crippen LogP contribution in [0.4, 0.5) is 15.9 Å². The molecule has 1 aliphatic rings. The third-order valence-corrected chi connectivity index (χ3v) is 3.79. The molecule has 1 aromatic carbocycles. The predicted molar refractivity (Wildman–Crippen MR) is 83.3 cm³/mol. The number of fused-ring (bicyclic) bond motifs is 1. The van der Waals surface area contributed by atoms with Crippen molar-refractivity contribution in [3.63, 3.8) is 0 Å². The highest BCUT2D eigenvalue weighted by Gasteiger charge is 2.21. The number of aromatic nitrogens is 1. The Morgan fingerprint density at radius 3 is 3.05 bits per heavy atom. The van der Waals surface area contributed by atoms with Gasteiger partial charge in [-0.15, -0.1) is 0 Å². The van der Waals surface area contributed by atoms with E-state index in [-0.39, 0.29) is 5.82 Å². The Balaban J connectivity index is 1.82. The minimum Gasteiger partial charge on any atom is -0.326 e. The predicted octanol–water partition coefficient (Wildman–Crippen LogP) is 3.41.